The van der Waals surface area contributed by atoms with Crippen LogP contribution in [0.2, 0.25) is 0 Å². The number of phenolic OH excluding ortho intramolecular Hbond substituents is 1. The van der Waals surface area contributed by atoms with Crippen LogP contribution in [0.3, 0.4) is 0 Å². The highest BCUT2D eigenvalue weighted by atomic mass is 16.4. The maximum Gasteiger partial charge on any atom is 0.309 e. The number of hydrogen-bond acceptors (Lipinski definition) is 2. The molecule has 0 aliphatic rings. The zero-order chi connectivity index (χ0) is 12.7. The lowest BCUT2D eigenvalue weighted by Gasteiger charge is -1.90. The summed E-state index contributed by atoms with van der Waals surface area (Å²) in [5.41, 5.74) is 0.477. The molecule has 0 aliphatic carbocycles. The fourth-order valence-corrected chi connectivity index (χ4v) is 1.22. The van der Waals surface area contributed by atoms with Gasteiger partial charge in [0.25, 0.3) is 0 Å². The van der Waals surface area contributed by atoms with Gasteiger partial charge in [-0.25, -0.2) is 0 Å². The lowest BCUT2D eigenvalue weighted by Crippen LogP contribution is -1.99. The van der Waals surface area contributed by atoms with Crippen LogP contribution < -0.4 is 0 Å². The quantitative estimate of drug-likeness (QED) is 0.678. The van der Waals surface area contributed by atoms with Crippen molar-refractivity contribution in [2.45, 2.75) is 6.42 Å². The van der Waals surface area contributed by atoms with Crippen molar-refractivity contribution in [1.82, 2.24) is 4.98 Å². The fourth-order valence-electron chi connectivity index (χ4n) is 1.22. The van der Waals surface area contributed by atoms with Crippen molar-refractivity contribution < 1.29 is 19.1 Å². The summed E-state index contributed by atoms with van der Waals surface area (Å²) in [4.78, 5) is 13.3. The first-order chi connectivity index (χ1) is 7.91. The maximum atomic E-state index is 10.6. The lowest BCUT2D eigenvalue weighted by molar-refractivity contribution is -0.136. The van der Waals surface area contributed by atoms with Crippen LogP contribution in [0, 0.1) is 0 Å². The van der Waals surface area contributed by atoms with Gasteiger partial charge in [0.15, 0.2) is 0 Å². The number of nitrogens with one attached hydrogen (secondary N) is 1. The van der Waals surface area contributed by atoms with Crippen LogP contribution >= 0.6 is 0 Å². The Kier molecular flexibility index (Phi) is 1.25. The van der Waals surface area contributed by atoms with E-state index in [1.165, 1.54) is 6.07 Å². The van der Waals surface area contributed by atoms with E-state index >= 15 is 0 Å². The number of aromatic nitrogens is 1. The smallest absolute Gasteiger partial charge is 0.309 e. The molecule has 2 aromatic rings. The van der Waals surface area contributed by atoms with Crippen molar-refractivity contribution in [1.29, 1.82) is 0 Å². The summed E-state index contributed by atoms with van der Waals surface area (Å²) in [6.07, 6.45) is -0.360. The zero-order valence-corrected chi connectivity index (χ0v) is 7.09. The average molecular weight is 194 g/mol. The molecule has 4 nitrogen and oxygen atoms in total. The highest BCUT2D eigenvalue weighted by Crippen LogP contribution is 2.20. The normalized spacial score (nSPS) is 13.6. The number of phenols is 1. The predicted octanol–water partition coefficient (Wildman–Crippen LogP) is 1.50. The molecule has 0 bridgehead atoms. The monoisotopic (exact) mass is 194 g/mol. The summed E-state index contributed by atoms with van der Waals surface area (Å²) in [6.45, 7) is 0. The molecule has 1 aromatic carbocycles. The van der Waals surface area contributed by atoms with Crippen LogP contribution in [0.25, 0.3) is 10.9 Å². The number of aliphatic carboxylic acids is 1. The molecular formula is C10H9NO3. The summed E-state index contributed by atoms with van der Waals surface area (Å²) in [6, 6.07) is 0.588. The van der Waals surface area contributed by atoms with Crippen LogP contribution in [0.4, 0.5) is 0 Å². The molecule has 0 atom stereocenters. The van der Waals surface area contributed by atoms with Crippen molar-refractivity contribution in [3.05, 3.63) is 29.9 Å². The summed E-state index contributed by atoms with van der Waals surface area (Å²) >= 11 is 0. The van der Waals surface area contributed by atoms with Gasteiger partial charge in [-0.2, -0.15) is 0 Å². The van der Waals surface area contributed by atoms with E-state index in [4.69, 9.17) is 9.22 Å². The Morgan fingerprint density at radius 3 is 3.07 bits per heavy atom. The molecule has 0 spiro atoms. The Bertz CT molecular complexity index is 621. The molecule has 0 aliphatic heterocycles. The number of fused-ring (bicyclic) bond motifs is 1. The van der Waals surface area contributed by atoms with E-state index in [1.807, 2.05) is 0 Å². The van der Waals surface area contributed by atoms with Gasteiger partial charge in [-0.15, -0.1) is 0 Å². The Labute approximate surface area is 84.0 Å². The fraction of sp³-hybridized carbons (Fsp3) is 0.100. The van der Waals surface area contributed by atoms with Crippen molar-refractivity contribution in [3.63, 3.8) is 0 Å². The number of aromatic amines is 1. The van der Waals surface area contributed by atoms with Gasteiger partial charge in [-0.05, 0) is 24.2 Å². The summed E-state index contributed by atoms with van der Waals surface area (Å²) in [7, 11) is 0. The Morgan fingerprint density at radius 1 is 1.57 bits per heavy atom. The van der Waals surface area contributed by atoms with E-state index in [0.29, 0.717) is 5.52 Å². The molecular weight excluding hydrogens is 182 g/mol. The first-order valence-corrected chi connectivity index (χ1v) is 3.94. The highest BCUT2D eigenvalue weighted by Gasteiger charge is 2.04. The van der Waals surface area contributed by atoms with Crippen molar-refractivity contribution in [2.75, 3.05) is 0 Å². The Balaban J connectivity index is 2.74. The summed E-state index contributed by atoms with van der Waals surface area (Å²) in [5, 5.41) is 18.2. The van der Waals surface area contributed by atoms with E-state index in [-0.39, 0.29) is 35.6 Å². The molecule has 72 valence electrons. The van der Waals surface area contributed by atoms with E-state index in [0.717, 1.165) is 0 Å². The Hall–Kier alpha value is -1.97. The second-order valence-electron chi connectivity index (χ2n) is 2.85. The predicted molar refractivity (Wildman–Crippen MR) is 51.3 cm³/mol. The van der Waals surface area contributed by atoms with Crippen molar-refractivity contribution in [2.24, 2.45) is 0 Å². The average Bonchev–Trinajstić information content (AvgIpc) is 2.52. The van der Waals surface area contributed by atoms with Gasteiger partial charge in [0.1, 0.15) is 5.75 Å². The molecule has 0 saturated heterocycles. The standard InChI is InChI=1S/C10H9NO3/c12-8-1-2-9-6(4-8)3-7(11-9)5-10(13)14/h1-4,11-12H,5H2,(H,13,14)/i1D,3D,4D. The topological polar surface area (TPSA) is 73.3 Å². The SMILES string of the molecule is [2H]c1cc2[nH]c(CC(=O)O)c([2H])c2c([2H])c1O. The number of aromatic hydroxyl groups is 1. The van der Waals surface area contributed by atoms with Gasteiger partial charge < -0.3 is 15.2 Å². The van der Waals surface area contributed by atoms with Gasteiger partial charge in [0, 0.05) is 16.6 Å². The van der Waals surface area contributed by atoms with Gasteiger partial charge in [0.05, 0.1) is 10.5 Å². The largest absolute Gasteiger partial charge is 0.508 e. The van der Waals surface area contributed by atoms with E-state index < -0.39 is 11.7 Å². The molecule has 0 saturated carbocycles. The molecule has 2 rings (SSSR count). The van der Waals surface area contributed by atoms with Gasteiger partial charge in [0.2, 0.25) is 0 Å². The van der Waals surface area contributed by atoms with Gasteiger partial charge in [-0.3, -0.25) is 4.79 Å². The minimum Gasteiger partial charge on any atom is -0.508 e. The second kappa shape index (κ2) is 3.06. The second-order valence-corrected chi connectivity index (χ2v) is 2.85. The van der Waals surface area contributed by atoms with Crippen LogP contribution in [0.5, 0.6) is 5.75 Å². The molecule has 1 aromatic heterocycles. The lowest BCUT2D eigenvalue weighted by atomic mass is 10.2. The number of rotatable bonds is 2. The molecule has 1 heterocycles. The zero-order valence-electron chi connectivity index (χ0n) is 10.1. The molecule has 0 radical (unpaired) electrons. The van der Waals surface area contributed by atoms with Crippen LogP contribution in [-0.4, -0.2) is 21.2 Å². The van der Waals surface area contributed by atoms with Crippen LogP contribution in [0.1, 0.15) is 9.81 Å². The summed E-state index contributed by atoms with van der Waals surface area (Å²) < 4.78 is 22.7. The molecule has 3 N–H and O–H groups in total. The Morgan fingerprint density at radius 2 is 2.36 bits per heavy atom. The number of carboxylic acid groups (broad SMARTS) is 1. The highest BCUT2D eigenvalue weighted by molar-refractivity contribution is 5.83. The summed E-state index contributed by atoms with van der Waals surface area (Å²) in [5.74, 6) is -1.60. The molecule has 0 unspecified atom stereocenters. The molecule has 14 heavy (non-hydrogen) atoms. The van der Waals surface area contributed by atoms with Gasteiger partial charge in [-0.1, -0.05) is 0 Å². The first-order valence-electron chi connectivity index (χ1n) is 5.44. The molecule has 0 fully saturated rings. The van der Waals surface area contributed by atoms with E-state index in [1.54, 1.807) is 0 Å². The first kappa shape index (κ1) is 5.70. The van der Waals surface area contributed by atoms with Crippen LogP contribution in [0.15, 0.2) is 24.2 Å². The number of H-pyrrole nitrogens is 1. The molecule has 0 amide bonds. The molecule has 4 heteroatoms. The number of hydrogen-bond donors (Lipinski definition) is 3. The minimum absolute atomic E-state index is 0.122. The van der Waals surface area contributed by atoms with Crippen LogP contribution in [-0.2, 0) is 11.2 Å². The van der Waals surface area contributed by atoms with Crippen molar-refractivity contribution in [3.8, 4) is 5.75 Å². The van der Waals surface area contributed by atoms with Gasteiger partial charge >= 0.3 is 5.97 Å². The number of carboxylic acids is 1. The number of benzene rings is 1. The third-order valence-electron chi connectivity index (χ3n) is 1.76. The third-order valence-corrected chi connectivity index (χ3v) is 1.76. The number of carbonyl (C=O) groups is 1. The third kappa shape index (κ3) is 1.54. The van der Waals surface area contributed by atoms with E-state index in [9.17, 15) is 9.90 Å². The van der Waals surface area contributed by atoms with Crippen molar-refractivity contribution >= 4 is 16.9 Å². The van der Waals surface area contributed by atoms with E-state index in [2.05, 4.69) is 4.98 Å². The minimum atomic E-state index is -1.09. The maximum absolute atomic E-state index is 10.6.